The molecule has 0 saturated carbocycles. The number of nitrogens with one attached hydrogen (secondary N) is 2. The van der Waals surface area contributed by atoms with Crippen molar-refractivity contribution in [3.8, 4) is 11.5 Å². The van der Waals surface area contributed by atoms with Gasteiger partial charge in [0.05, 0.1) is 6.26 Å². The zero-order chi connectivity index (χ0) is 17.2. The lowest BCUT2D eigenvalue weighted by molar-refractivity contribution is 0.0946. The lowest BCUT2D eigenvalue weighted by atomic mass is 10.2. The molecule has 0 radical (unpaired) electrons. The van der Waals surface area contributed by atoms with E-state index < -0.39 is 0 Å². The Morgan fingerprint density at radius 1 is 1.20 bits per heavy atom. The number of hydrogen-bond acceptors (Lipinski definition) is 5. The maximum Gasteiger partial charge on any atom is 0.270 e. The molecule has 25 heavy (non-hydrogen) atoms. The first-order valence-corrected chi connectivity index (χ1v) is 7.72. The average molecular weight is 333 g/mol. The molecule has 7 nitrogen and oxygen atoms in total. The van der Waals surface area contributed by atoms with Gasteiger partial charge in [-0.05, 0) is 29.8 Å². The van der Waals surface area contributed by atoms with Crippen molar-refractivity contribution < 1.29 is 9.21 Å². The first-order valence-electron chi connectivity index (χ1n) is 7.72. The Hall–Kier alpha value is -3.61. The number of anilines is 1. The third kappa shape index (κ3) is 2.94. The van der Waals surface area contributed by atoms with Crippen molar-refractivity contribution in [2.45, 2.75) is 6.54 Å². The molecule has 0 fully saturated rings. The Morgan fingerprint density at radius 3 is 2.92 bits per heavy atom. The number of nitrogens with two attached hydrogens (primary N) is 1. The fraction of sp³-hybridized carbons (Fsp3) is 0.0556. The molecule has 0 aliphatic rings. The summed E-state index contributed by atoms with van der Waals surface area (Å²) < 4.78 is 5.29. The highest BCUT2D eigenvalue weighted by molar-refractivity contribution is 5.93. The predicted molar refractivity (Wildman–Crippen MR) is 93.6 cm³/mol. The summed E-state index contributed by atoms with van der Waals surface area (Å²) in [6, 6.07) is 13.0. The molecule has 3 heterocycles. The van der Waals surface area contributed by atoms with Crippen LogP contribution in [0.1, 0.15) is 16.1 Å². The van der Waals surface area contributed by atoms with E-state index in [9.17, 15) is 4.79 Å². The molecule has 0 saturated heterocycles. The number of aromatic amines is 1. The van der Waals surface area contributed by atoms with Crippen molar-refractivity contribution >= 4 is 22.8 Å². The summed E-state index contributed by atoms with van der Waals surface area (Å²) in [6.07, 6.45) is 3.41. The predicted octanol–water partition coefficient (Wildman–Crippen LogP) is 2.73. The Kier molecular flexibility index (Phi) is 3.66. The van der Waals surface area contributed by atoms with Crippen molar-refractivity contribution in [1.29, 1.82) is 0 Å². The van der Waals surface area contributed by atoms with E-state index in [1.165, 1.54) is 6.26 Å². The van der Waals surface area contributed by atoms with E-state index >= 15 is 0 Å². The summed E-state index contributed by atoms with van der Waals surface area (Å²) in [6.45, 7) is 0.378. The summed E-state index contributed by atoms with van der Waals surface area (Å²) >= 11 is 0. The smallest absolute Gasteiger partial charge is 0.270 e. The molecule has 1 amide bonds. The van der Waals surface area contributed by atoms with E-state index in [4.69, 9.17) is 10.2 Å². The molecule has 0 aliphatic heterocycles. The van der Waals surface area contributed by atoms with Crippen LogP contribution in [0.2, 0.25) is 0 Å². The topological polar surface area (TPSA) is 110 Å². The minimum Gasteiger partial charge on any atom is -0.463 e. The molecule has 0 spiro atoms. The molecule has 3 aromatic heterocycles. The number of H-pyrrole nitrogens is 1. The van der Waals surface area contributed by atoms with Crippen LogP contribution in [-0.4, -0.2) is 20.9 Å². The third-order valence-corrected chi connectivity index (χ3v) is 3.86. The first-order chi connectivity index (χ1) is 12.2. The molecule has 0 unspecified atom stereocenters. The van der Waals surface area contributed by atoms with E-state index in [-0.39, 0.29) is 17.5 Å². The number of para-hydroxylation sites is 1. The Bertz CT molecular complexity index is 1040. The summed E-state index contributed by atoms with van der Waals surface area (Å²) in [5, 5.41) is 3.93. The molecule has 0 aliphatic carbocycles. The summed E-state index contributed by atoms with van der Waals surface area (Å²) in [5.41, 5.74) is 8.40. The largest absolute Gasteiger partial charge is 0.463 e. The van der Waals surface area contributed by atoms with Gasteiger partial charge in [0.2, 0.25) is 5.95 Å². The Labute approximate surface area is 142 Å². The van der Waals surface area contributed by atoms with Crippen molar-refractivity contribution in [3.63, 3.8) is 0 Å². The molecule has 1 aromatic carbocycles. The minimum absolute atomic E-state index is 0.0196. The Balaban J connectivity index is 1.55. The van der Waals surface area contributed by atoms with Crippen LogP contribution in [-0.2, 0) is 6.54 Å². The molecule has 4 aromatic rings. The van der Waals surface area contributed by atoms with Gasteiger partial charge in [0.25, 0.3) is 5.91 Å². The van der Waals surface area contributed by atoms with Crippen LogP contribution in [0.5, 0.6) is 0 Å². The molecule has 4 N–H and O–H groups in total. The minimum atomic E-state index is -0.327. The summed E-state index contributed by atoms with van der Waals surface area (Å²) in [5.74, 6) is 0.220. The zero-order valence-corrected chi connectivity index (χ0v) is 13.2. The van der Waals surface area contributed by atoms with Gasteiger partial charge in [-0.2, -0.15) is 0 Å². The maximum absolute atomic E-state index is 12.5. The normalized spacial score (nSPS) is 10.9. The number of rotatable bonds is 4. The van der Waals surface area contributed by atoms with Crippen molar-refractivity contribution in [3.05, 3.63) is 66.2 Å². The second-order valence-electron chi connectivity index (χ2n) is 5.52. The molecule has 7 heteroatoms. The van der Waals surface area contributed by atoms with Crippen molar-refractivity contribution in [2.24, 2.45) is 0 Å². The molecule has 4 rings (SSSR count). The lowest BCUT2D eigenvalue weighted by Crippen LogP contribution is -2.24. The summed E-state index contributed by atoms with van der Waals surface area (Å²) in [4.78, 5) is 23.7. The number of carbonyl (C=O) groups is 1. The van der Waals surface area contributed by atoms with Gasteiger partial charge in [-0.25, -0.2) is 9.97 Å². The number of aromatic nitrogens is 3. The number of furan rings is 1. The monoisotopic (exact) mass is 333 g/mol. The number of hydrogen-bond donors (Lipinski definition) is 3. The number of amides is 1. The van der Waals surface area contributed by atoms with Crippen LogP contribution in [0.15, 0.2) is 59.3 Å². The van der Waals surface area contributed by atoms with Crippen LogP contribution < -0.4 is 11.1 Å². The van der Waals surface area contributed by atoms with Crippen LogP contribution in [0, 0.1) is 0 Å². The second-order valence-corrected chi connectivity index (χ2v) is 5.52. The number of nitrogens with zero attached hydrogens (tertiary/aromatic N) is 2. The van der Waals surface area contributed by atoms with Crippen molar-refractivity contribution in [1.82, 2.24) is 20.3 Å². The summed E-state index contributed by atoms with van der Waals surface area (Å²) in [7, 11) is 0. The maximum atomic E-state index is 12.5. The zero-order valence-electron chi connectivity index (χ0n) is 13.2. The van der Waals surface area contributed by atoms with E-state index in [0.717, 1.165) is 16.5 Å². The lowest BCUT2D eigenvalue weighted by Gasteiger charge is -2.06. The number of carbonyl (C=O) groups excluding carboxylic acids is 1. The highest BCUT2D eigenvalue weighted by atomic mass is 16.3. The second kappa shape index (κ2) is 6.12. The fourth-order valence-electron chi connectivity index (χ4n) is 2.68. The van der Waals surface area contributed by atoms with E-state index in [0.29, 0.717) is 18.0 Å². The van der Waals surface area contributed by atoms with Gasteiger partial charge in [0, 0.05) is 23.6 Å². The van der Waals surface area contributed by atoms with E-state index in [2.05, 4.69) is 20.3 Å². The van der Waals surface area contributed by atoms with Crippen LogP contribution >= 0.6 is 0 Å². The van der Waals surface area contributed by atoms with Gasteiger partial charge in [-0.3, -0.25) is 4.79 Å². The molecular formula is C18H15N5O2. The number of fused-ring (bicyclic) bond motifs is 1. The third-order valence-electron chi connectivity index (χ3n) is 3.86. The fourth-order valence-corrected chi connectivity index (χ4v) is 2.68. The van der Waals surface area contributed by atoms with Crippen LogP contribution in [0.4, 0.5) is 5.95 Å². The molecule has 124 valence electrons. The first kappa shape index (κ1) is 14.9. The highest BCUT2D eigenvalue weighted by Gasteiger charge is 2.13. The molecule has 0 atom stereocenters. The van der Waals surface area contributed by atoms with Gasteiger partial charge in [0.1, 0.15) is 11.4 Å². The average Bonchev–Trinajstić information content (AvgIpc) is 3.29. The highest BCUT2D eigenvalue weighted by Crippen LogP contribution is 2.20. The van der Waals surface area contributed by atoms with Crippen molar-refractivity contribution in [2.75, 3.05) is 5.73 Å². The Morgan fingerprint density at radius 2 is 2.08 bits per heavy atom. The molecule has 0 bridgehead atoms. The number of nitrogen functional groups attached to an aromatic ring is 1. The van der Waals surface area contributed by atoms with Crippen LogP contribution in [0.25, 0.3) is 22.4 Å². The van der Waals surface area contributed by atoms with Gasteiger partial charge < -0.3 is 20.5 Å². The van der Waals surface area contributed by atoms with Gasteiger partial charge >= 0.3 is 0 Å². The van der Waals surface area contributed by atoms with E-state index in [1.54, 1.807) is 18.2 Å². The van der Waals surface area contributed by atoms with E-state index in [1.807, 2.05) is 30.5 Å². The van der Waals surface area contributed by atoms with Gasteiger partial charge in [-0.1, -0.05) is 18.2 Å². The van der Waals surface area contributed by atoms with Crippen LogP contribution in [0.3, 0.4) is 0 Å². The standard InChI is InChI=1S/C18H15N5O2/c19-18-22-14(16-6-3-7-25-16)8-15(23-18)17(24)21-10-11-9-20-13-5-2-1-4-12(11)13/h1-9,20H,10H2,(H,21,24)(H2,19,22,23). The molecular weight excluding hydrogens is 318 g/mol. The number of benzene rings is 1. The quantitative estimate of drug-likeness (QED) is 0.532. The SMILES string of the molecule is Nc1nc(C(=O)NCc2c[nH]c3ccccc23)cc(-c2ccco2)n1. The van der Waals surface area contributed by atoms with Gasteiger partial charge in [-0.15, -0.1) is 0 Å². The van der Waals surface area contributed by atoms with Gasteiger partial charge in [0.15, 0.2) is 5.76 Å².